The van der Waals surface area contributed by atoms with E-state index in [1.807, 2.05) is 30.3 Å². The minimum Gasteiger partial charge on any atom is -0.388 e. The standard InChI is InChI=1S/C19H20N2O4/c1-14(13-18(22)16-8-3-2-4-9-16)20-19(23)12-11-15-7-5-6-10-17(15)21(24)25/h2-12,14,18,22H,13H2,1H3,(H,20,23)/b12-11+. The Bertz CT molecular complexity index is 759. The molecule has 25 heavy (non-hydrogen) atoms. The van der Waals surface area contributed by atoms with Crippen molar-refractivity contribution in [3.05, 3.63) is 81.9 Å². The number of aliphatic hydroxyl groups is 1. The van der Waals surface area contributed by atoms with E-state index in [0.717, 1.165) is 5.56 Å². The predicted molar refractivity (Wildman–Crippen MR) is 95.8 cm³/mol. The average molecular weight is 340 g/mol. The van der Waals surface area contributed by atoms with Gasteiger partial charge in [0.15, 0.2) is 0 Å². The molecule has 2 N–H and O–H groups in total. The third-order valence-electron chi connectivity index (χ3n) is 3.70. The summed E-state index contributed by atoms with van der Waals surface area (Å²) in [4.78, 5) is 22.4. The van der Waals surface area contributed by atoms with E-state index in [1.165, 1.54) is 18.2 Å². The third kappa shape index (κ3) is 5.54. The second kappa shape index (κ2) is 8.75. The van der Waals surface area contributed by atoms with Crippen molar-refractivity contribution in [3.8, 4) is 0 Å². The number of rotatable bonds is 7. The molecular weight excluding hydrogens is 320 g/mol. The van der Waals surface area contributed by atoms with E-state index in [4.69, 9.17) is 0 Å². The van der Waals surface area contributed by atoms with Gasteiger partial charge in [-0.1, -0.05) is 42.5 Å². The summed E-state index contributed by atoms with van der Waals surface area (Å²) < 4.78 is 0. The molecule has 6 nitrogen and oxygen atoms in total. The Morgan fingerprint density at radius 3 is 2.52 bits per heavy atom. The Morgan fingerprint density at radius 1 is 1.20 bits per heavy atom. The first-order valence-electron chi connectivity index (χ1n) is 7.92. The van der Waals surface area contributed by atoms with Crippen LogP contribution in [0.1, 0.15) is 30.6 Å². The lowest BCUT2D eigenvalue weighted by molar-refractivity contribution is -0.385. The van der Waals surface area contributed by atoms with Gasteiger partial charge in [-0.25, -0.2) is 0 Å². The van der Waals surface area contributed by atoms with Gasteiger partial charge >= 0.3 is 0 Å². The molecule has 0 saturated heterocycles. The minimum atomic E-state index is -0.671. The molecule has 2 rings (SSSR count). The smallest absolute Gasteiger partial charge is 0.276 e. The first-order chi connectivity index (χ1) is 12.0. The van der Waals surface area contributed by atoms with E-state index < -0.39 is 11.0 Å². The maximum absolute atomic E-state index is 12.0. The van der Waals surface area contributed by atoms with Gasteiger partial charge < -0.3 is 10.4 Å². The van der Waals surface area contributed by atoms with Gasteiger partial charge in [-0.2, -0.15) is 0 Å². The van der Waals surface area contributed by atoms with Crippen molar-refractivity contribution >= 4 is 17.7 Å². The Balaban J connectivity index is 1.92. The Labute approximate surface area is 146 Å². The highest BCUT2D eigenvalue weighted by Crippen LogP contribution is 2.19. The highest BCUT2D eigenvalue weighted by Gasteiger charge is 2.14. The summed E-state index contributed by atoms with van der Waals surface area (Å²) in [7, 11) is 0. The molecule has 0 bridgehead atoms. The fourth-order valence-electron chi connectivity index (χ4n) is 2.46. The number of nitrogens with zero attached hydrogens (tertiary/aromatic N) is 1. The van der Waals surface area contributed by atoms with Crippen molar-refractivity contribution < 1.29 is 14.8 Å². The van der Waals surface area contributed by atoms with E-state index in [-0.39, 0.29) is 17.6 Å². The van der Waals surface area contributed by atoms with E-state index in [9.17, 15) is 20.0 Å². The summed E-state index contributed by atoms with van der Waals surface area (Å²) in [6, 6.07) is 15.2. The topological polar surface area (TPSA) is 92.5 Å². The van der Waals surface area contributed by atoms with E-state index in [1.54, 1.807) is 25.1 Å². The van der Waals surface area contributed by atoms with Crippen LogP contribution in [0.25, 0.3) is 6.08 Å². The molecule has 2 aromatic rings. The lowest BCUT2D eigenvalue weighted by atomic mass is 10.0. The number of benzene rings is 2. The summed E-state index contributed by atoms with van der Waals surface area (Å²) >= 11 is 0. The van der Waals surface area contributed by atoms with Crippen LogP contribution >= 0.6 is 0 Å². The van der Waals surface area contributed by atoms with Crippen LogP contribution in [-0.4, -0.2) is 22.0 Å². The molecule has 2 atom stereocenters. The SMILES string of the molecule is CC(CC(O)c1ccccc1)NC(=O)/C=C/c1ccccc1[N+](=O)[O-]. The normalized spacial score (nSPS) is 13.4. The zero-order valence-corrected chi connectivity index (χ0v) is 13.8. The predicted octanol–water partition coefficient (Wildman–Crippen LogP) is 3.24. The van der Waals surface area contributed by atoms with Gasteiger partial charge in [-0.3, -0.25) is 14.9 Å². The van der Waals surface area contributed by atoms with Crippen LogP contribution in [0.5, 0.6) is 0 Å². The van der Waals surface area contributed by atoms with Crippen LogP contribution in [0.2, 0.25) is 0 Å². The molecule has 0 aliphatic heterocycles. The average Bonchev–Trinajstić information content (AvgIpc) is 2.60. The first-order valence-corrected chi connectivity index (χ1v) is 7.92. The molecular formula is C19H20N2O4. The molecule has 1 amide bonds. The Hall–Kier alpha value is -2.99. The largest absolute Gasteiger partial charge is 0.388 e. The number of carbonyl (C=O) groups is 1. The van der Waals surface area contributed by atoms with Gasteiger partial charge in [0.05, 0.1) is 16.6 Å². The lowest BCUT2D eigenvalue weighted by Gasteiger charge is -2.17. The van der Waals surface area contributed by atoms with Gasteiger partial charge in [0, 0.05) is 18.2 Å². The molecule has 0 heterocycles. The van der Waals surface area contributed by atoms with Crippen molar-refractivity contribution in [2.75, 3.05) is 0 Å². The number of hydrogen-bond donors (Lipinski definition) is 2. The third-order valence-corrected chi connectivity index (χ3v) is 3.70. The number of nitro benzene ring substituents is 1. The zero-order valence-electron chi connectivity index (χ0n) is 13.8. The molecule has 0 aliphatic rings. The van der Waals surface area contributed by atoms with Crippen molar-refractivity contribution in [1.29, 1.82) is 0 Å². The number of nitrogens with one attached hydrogen (secondary N) is 1. The number of para-hydroxylation sites is 1. The van der Waals surface area contributed by atoms with E-state index in [0.29, 0.717) is 12.0 Å². The van der Waals surface area contributed by atoms with E-state index >= 15 is 0 Å². The summed E-state index contributed by atoms with van der Waals surface area (Å²) in [6.45, 7) is 1.79. The van der Waals surface area contributed by atoms with E-state index in [2.05, 4.69) is 5.32 Å². The summed E-state index contributed by atoms with van der Waals surface area (Å²) in [5.74, 6) is -0.370. The number of carbonyl (C=O) groups excluding carboxylic acids is 1. The molecule has 0 fully saturated rings. The van der Waals surface area contributed by atoms with Gasteiger partial charge in [0.25, 0.3) is 5.69 Å². The highest BCUT2D eigenvalue weighted by molar-refractivity contribution is 5.92. The monoisotopic (exact) mass is 340 g/mol. The lowest BCUT2D eigenvalue weighted by Crippen LogP contribution is -2.32. The van der Waals surface area contributed by atoms with Crippen LogP contribution in [0.15, 0.2) is 60.7 Å². The second-order valence-electron chi connectivity index (χ2n) is 5.72. The Morgan fingerprint density at radius 2 is 1.84 bits per heavy atom. The summed E-state index contributed by atoms with van der Waals surface area (Å²) in [5, 5.41) is 23.9. The Kier molecular flexibility index (Phi) is 6.42. The second-order valence-corrected chi connectivity index (χ2v) is 5.72. The zero-order chi connectivity index (χ0) is 18.2. The van der Waals surface area contributed by atoms with Crippen molar-refractivity contribution in [2.24, 2.45) is 0 Å². The van der Waals surface area contributed by atoms with Crippen molar-refractivity contribution in [1.82, 2.24) is 5.32 Å². The van der Waals surface area contributed by atoms with Gasteiger partial charge in [-0.05, 0) is 31.1 Å². The molecule has 0 aromatic heterocycles. The maximum Gasteiger partial charge on any atom is 0.276 e. The summed E-state index contributed by atoms with van der Waals surface area (Å²) in [6.07, 6.45) is 2.37. The number of nitro groups is 1. The highest BCUT2D eigenvalue weighted by atomic mass is 16.6. The number of hydrogen-bond acceptors (Lipinski definition) is 4. The van der Waals surface area contributed by atoms with Crippen LogP contribution < -0.4 is 5.32 Å². The molecule has 0 saturated carbocycles. The van der Waals surface area contributed by atoms with Crippen molar-refractivity contribution in [3.63, 3.8) is 0 Å². The molecule has 0 aliphatic carbocycles. The number of amides is 1. The molecule has 2 unspecified atom stereocenters. The molecule has 0 spiro atoms. The molecule has 6 heteroatoms. The molecule has 2 aromatic carbocycles. The first kappa shape index (κ1) is 18.4. The minimum absolute atomic E-state index is 0.0564. The van der Waals surface area contributed by atoms with Crippen LogP contribution in [0, 0.1) is 10.1 Å². The quantitative estimate of drug-likeness (QED) is 0.460. The van der Waals surface area contributed by atoms with Gasteiger partial charge in [0.2, 0.25) is 5.91 Å². The fraction of sp³-hybridized carbons (Fsp3) is 0.211. The number of aliphatic hydroxyl groups excluding tert-OH is 1. The van der Waals surface area contributed by atoms with Crippen molar-refractivity contribution in [2.45, 2.75) is 25.5 Å². The maximum atomic E-state index is 12.0. The van der Waals surface area contributed by atoms with Gasteiger partial charge in [-0.15, -0.1) is 0 Å². The van der Waals surface area contributed by atoms with Crippen LogP contribution in [-0.2, 0) is 4.79 Å². The molecule has 0 radical (unpaired) electrons. The van der Waals surface area contributed by atoms with Crippen LogP contribution in [0.4, 0.5) is 5.69 Å². The molecule has 130 valence electrons. The fourth-order valence-corrected chi connectivity index (χ4v) is 2.46. The van der Waals surface area contributed by atoms with Crippen LogP contribution in [0.3, 0.4) is 0 Å². The van der Waals surface area contributed by atoms with Gasteiger partial charge in [0.1, 0.15) is 0 Å². The summed E-state index contributed by atoms with van der Waals surface area (Å²) in [5.41, 5.74) is 1.10.